The first-order valence-corrected chi connectivity index (χ1v) is 5.57. The fraction of sp³-hybridized carbons (Fsp3) is 0.455. The van der Waals surface area contributed by atoms with Crippen molar-refractivity contribution in [3.63, 3.8) is 0 Å². The van der Waals surface area contributed by atoms with Crippen LogP contribution < -0.4 is 10.2 Å². The molecule has 0 atom stereocenters. The van der Waals surface area contributed by atoms with Gasteiger partial charge in [0.1, 0.15) is 5.82 Å². The Morgan fingerprint density at radius 1 is 1.56 bits per heavy atom. The SMILES string of the molecule is COCCN1CCNc2cc(Cl)c(F)cc21. The van der Waals surface area contributed by atoms with Gasteiger partial charge in [-0.2, -0.15) is 0 Å². The summed E-state index contributed by atoms with van der Waals surface area (Å²) in [6.07, 6.45) is 0. The Morgan fingerprint density at radius 3 is 3.12 bits per heavy atom. The Labute approximate surface area is 99.1 Å². The molecule has 0 saturated carbocycles. The minimum Gasteiger partial charge on any atom is -0.383 e. The number of methoxy groups -OCH3 is 1. The van der Waals surface area contributed by atoms with E-state index in [9.17, 15) is 4.39 Å². The lowest BCUT2D eigenvalue weighted by atomic mass is 10.2. The lowest BCUT2D eigenvalue weighted by Crippen LogP contribution is -2.36. The standard InChI is InChI=1S/C11H14ClFN2O/c1-16-5-4-15-3-2-14-10-6-8(12)9(13)7-11(10)15/h6-7,14H,2-5H2,1H3. The highest BCUT2D eigenvalue weighted by Gasteiger charge is 2.18. The highest BCUT2D eigenvalue weighted by atomic mass is 35.5. The number of fused-ring (bicyclic) bond motifs is 1. The first-order chi connectivity index (χ1) is 7.72. The predicted molar refractivity (Wildman–Crippen MR) is 64.0 cm³/mol. The molecule has 0 aromatic heterocycles. The fourth-order valence-corrected chi connectivity index (χ4v) is 1.98. The highest BCUT2D eigenvalue weighted by molar-refractivity contribution is 6.31. The second kappa shape index (κ2) is 4.89. The van der Waals surface area contributed by atoms with Gasteiger partial charge in [-0.1, -0.05) is 11.6 Å². The zero-order valence-corrected chi connectivity index (χ0v) is 9.85. The number of benzene rings is 1. The molecule has 16 heavy (non-hydrogen) atoms. The molecule has 1 heterocycles. The fourth-order valence-electron chi connectivity index (χ4n) is 1.82. The Hall–Kier alpha value is -1.00. The average molecular weight is 245 g/mol. The van der Waals surface area contributed by atoms with Crippen LogP contribution in [0.1, 0.15) is 0 Å². The van der Waals surface area contributed by atoms with Crippen LogP contribution in [0, 0.1) is 5.82 Å². The molecule has 1 aliphatic heterocycles. The summed E-state index contributed by atoms with van der Waals surface area (Å²) in [4.78, 5) is 2.09. The average Bonchev–Trinajstić information content (AvgIpc) is 2.28. The summed E-state index contributed by atoms with van der Waals surface area (Å²) < 4.78 is 18.4. The largest absolute Gasteiger partial charge is 0.383 e. The summed E-state index contributed by atoms with van der Waals surface area (Å²) in [7, 11) is 1.66. The van der Waals surface area contributed by atoms with Crippen molar-refractivity contribution in [2.75, 3.05) is 43.6 Å². The highest BCUT2D eigenvalue weighted by Crippen LogP contribution is 2.33. The van der Waals surface area contributed by atoms with E-state index in [1.165, 1.54) is 6.07 Å². The molecule has 3 nitrogen and oxygen atoms in total. The Bertz CT molecular complexity index is 386. The van der Waals surface area contributed by atoms with Gasteiger partial charge in [-0.25, -0.2) is 4.39 Å². The van der Waals surface area contributed by atoms with Gasteiger partial charge in [-0.15, -0.1) is 0 Å². The van der Waals surface area contributed by atoms with E-state index >= 15 is 0 Å². The van der Waals surface area contributed by atoms with Crippen molar-refractivity contribution in [2.24, 2.45) is 0 Å². The van der Waals surface area contributed by atoms with Crippen molar-refractivity contribution in [1.82, 2.24) is 0 Å². The first kappa shape index (κ1) is 11.5. The van der Waals surface area contributed by atoms with Gasteiger partial charge >= 0.3 is 0 Å². The summed E-state index contributed by atoms with van der Waals surface area (Å²) >= 11 is 5.74. The van der Waals surface area contributed by atoms with E-state index in [2.05, 4.69) is 10.2 Å². The third-order valence-electron chi connectivity index (χ3n) is 2.64. The lowest BCUT2D eigenvalue weighted by Gasteiger charge is -2.32. The number of nitrogens with zero attached hydrogens (tertiary/aromatic N) is 1. The predicted octanol–water partition coefficient (Wildman–Crippen LogP) is 2.36. The third kappa shape index (κ3) is 2.23. The second-order valence-electron chi connectivity index (χ2n) is 3.69. The van der Waals surface area contributed by atoms with Crippen LogP contribution in [-0.2, 0) is 4.74 Å². The Morgan fingerprint density at radius 2 is 2.38 bits per heavy atom. The monoisotopic (exact) mass is 244 g/mol. The van der Waals surface area contributed by atoms with Gasteiger partial charge in [-0.3, -0.25) is 0 Å². The molecule has 88 valence electrons. The van der Waals surface area contributed by atoms with Crippen LogP contribution in [0.5, 0.6) is 0 Å². The number of anilines is 2. The summed E-state index contributed by atoms with van der Waals surface area (Å²) in [5, 5.41) is 3.36. The van der Waals surface area contributed by atoms with Gasteiger partial charge in [-0.05, 0) is 6.07 Å². The summed E-state index contributed by atoms with van der Waals surface area (Å²) in [5.41, 5.74) is 1.74. The number of nitrogens with one attached hydrogen (secondary N) is 1. The van der Waals surface area contributed by atoms with Crippen LogP contribution in [0.2, 0.25) is 5.02 Å². The third-order valence-corrected chi connectivity index (χ3v) is 2.93. The molecule has 0 saturated heterocycles. The Balaban J connectivity index is 2.27. The molecule has 5 heteroatoms. The molecule has 1 aromatic rings. The van der Waals surface area contributed by atoms with Gasteiger partial charge in [0.25, 0.3) is 0 Å². The maximum atomic E-state index is 13.4. The van der Waals surface area contributed by atoms with Gasteiger partial charge < -0.3 is 15.0 Å². The minimum atomic E-state index is -0.383. The van der Waals surface area contributed by atoms with Crippen molar-refractivity contribution in [1.29, 1.82) is 0 Å². The van der Waals surface area contributed by atoms with Gasteiger partial charge in [0.15, 0.2) is 0 Å². The molecular weight excluding hydrogens is 231 g/mol. The van der Waals surface area contributed by atoms with E-state index in [4.69, 9.17) is 16.3 Å². The second-order valence-corrected chi connectivity index (χ2v) is 4.10. The normalized spacial score (nSPS) is 14.6. The van der Waals surface area contributed by atoms with Crippen LogP contribution in [-0.4, -0.2) is 33.4 Å². The number of halogens is 2. The van der Waals surface area contributed by atoms with Crippen LogP contribution in [0.4, 0.5) is 15.8 Å². The Kier molecular flexibility index (Phi) is 3.51. The van der Waals surface area contributed by atoms with E-state index in [1.807, 2.05) is 0 Å². The number of hydrogen-bond acceptors (Lipinski definition) is 3. The molecule has 0 aliphatic carbocycles. The van der Waals surface area contributed by atoms with Crippen molar-refractivity contribution in [2.45, 2.75) is 0 Å². The molecule has 0 unspecified atom stereocenters. The first-order valence-electron chi connectivity index (χ1n) is 5.19. The number of hydrogen-bond donors (Lipinski definition) is 1. The maximum absolute atomic E-state index is 13.4. The zero-order valence-electron chi connectivity index (χ0n) is 9.09. The smallest absolute Gasteiger partial charge is 0.144 e. The molecular formula is C11H14ClFN2O. The van der Waals surface area contributed by atoms with Crippen molar-refractivity contribution >= 4 is 23.0 Å². The van der Waals surface area contributed by atoms with Crippen LogP contribution in [0.25, 0.3) is 0 Å². The van der Waals surface area contributed by atoms with Crippen molar-refractivity contribution in [3.05, 3.63) is 23.0 Å². The summed E-state index contributed by atoms with van der Waals surface area (Å²) in [6, 6.07) is 3.10. The lowest BCUT2D eigenvalue weighted by molar-refractivity contribution is 0.205. The molecule has 1 aliphatic rings. The van der Waals surface area contributed by atoms with Crippen LogP contribution in [0.15, 0.2) is 12.1 Å². The van der Waals surface area contributed by atoms with E-state index in [0.29, 0.717) is 6.61 Å². The van der Waals surface area contributed by atoms with Crippen LogP contribution in [0.3, 0.4) is 0 Å². The zero-order chi connectivity index (χ0) is 11.5. The minimum absolute atomic E-state index is 0.153. The van der Waals surface area contributed by atoms with E-state index < -0.39 is 0 Å². The van der Waals surface area contributed by atoms with E-state index in [-0.39, 0.29) is 10.8 Å². The quantitative estimate of drug-likeness (QED) is 0.884. The molecule has 0 bridgehead atoms. The van der Waals surface area contributed by atoms with E-state index in [1.54, 1.807) is 13.2 Å². The number of ether oxygens (including phenoxy) is 1. The molecule has 0 spiro atoms. The van der Waals surface area contributed by atoms with E-state index in [0.717, 1.165) is 31.0 Å². The summed E-state index contributed by atoms with van der Waals surface area (Å²) in [6.45, 7) is 3.06. The topological polar surface area (TPSA) is 24.5 Å². The van der Waals surface area contributed by atoms with Gasteiger partial charge in [0.2, 0.25) is 0 Å². The van der Waals surface area contributed by atoms with Gasteiger partial charge in [0.05, 0.1) is 23.0 Å². The van der Waals surface area contributed by atoms with Crippen molar-refractivity contribution < 1.29 is 9.13 Å². The van der Waals surface area contributed by atoms with Crippen LogP contribution >= 0.6 is 11.6 Å². The molecule has 1 aromatic carbocycles. The molecule has 2 rings (SSSR count). The van der Waals surface area contributed by atoms with Crippen molar-refractivity contribution in [3.8, 4) is 0 Å². The number of rotatable bonds is 3. The van der Waals surface area contributed by atoms with Gasteiger partial charge in [0, 0.05) is 32.8 Å². The summed E-state index contributed by atoms with van der Waals surface area (Å²) in [5.74, 6) is -0.383. The molecule has 0 radical (unpaired) electrons. The molecule has 0 fully saturated rings. The maximum Gasteiger partial charge on any atom is 0.144 e. The molecule has 1 N–H and O–H groups in total. The molecule has 0 amide bonds.